The number of anilines is 1. The summed E-state index contributed by atoms with van der Waals surface area (Å²) in [5.41, 5.74) is 3.57. The van der Waals surface area contributed by atoms with E-state index in [-0.39, 0.29) is 37.1 Å². The van der Waals surface area contributed by atoms with Crippen LogP contribution in [0.5, 0.6) is 0 Å². The molecule has 2 N–H and O–H groups in total. The molecule has 0 unspecified atom stereocenters. The summed E-state index contributed by atoms with van der Waals surface area (Å²) in [6.45, 7) is 0.130. The van der Waals surface area contributed by atoms with Gasteiger partial charge in [-0.15, -0.1) is 0 Å². The fourth-order valence-electron chi connectivity index (χ4n) is 4.95. The van der Waals surface area contributed by atoms with Crippen molar-refractivity contribution in [2.45, 2.75) is 18.0 Å². The maximum Gasteiger partial charge on any atom is 0.322 e. The number of hydrogen-bond donors (Lipinski definition) is 2. The number of hydrogen-bond acceptors (Lipinski definition) is 3. The van der Waals surface area contributed by atoms with Gasteiger partial charge in [0, 0.05) is 18.2 Å². The van der Waals surface area contributed by atoms with Crippen LogP contribution in [0.4, 0.5) is 14.9 Å². The molecule has 0 bridgehead atoms. The van der Waals surface area contributed by atoms with Crippen molar-refractivity contribution in [3.63, 3.8) is 0 Å². The van der Waals surface area contributed by atoms with Gasteiger partial charge in [-0.05, 0) is 34.9 Å². The molecule has 168 valence electrons. The second-order valence-electron chi connectivity index (χ2n) is 8.45. The van der Waals surface area contributed by atoms with Crippen LogP contribution in [0.25, 0.3) is 11.1 Å². The maximum absolute atomic E-state index is 13.5. The Balaban J connectivity index is 1.34. The standard InChI is InChI=1S/C26H24FN3O3/c27-20-7-4-8-21(13-20)28-26(33)29-14-22-25(23(16-31)30(22)24(32)15-29)19-11-9-18(10-12-19)17-5-2-1-3-6-17/h1-13,22-23,25,31H,14-16H2,(H,28,33)/t22-,23+,25-/m1/s1. The maximum atomic E-state index is 13.5. The molecule has 0 spiro atoms. The number of carbonyl (C=O) groups is 2. The van der Waals surface area contributed by atoms with E-state index in [9.17, 15) is 19.1 Å². The van der Waals surface area contributed by atoms with Gasteiger partial charge in [0.25, 0.3) is 0 Å². The van der Waals surface area contributed by atoms with Crippen LogP contribution in [-0.4, -0.2) is 58.6 Å². The molecule has 3 aromatic carbocycles. The van der Waals surface area contributed by atoms with Gasteiger partial charge in [0.15, 0.2) is 0 Å². The Labute approximate surface area is 191 Å². The summed E-state index contributed by atoms with van der Waals surface area (Å²) in [6.07, 6.45) is 0. The Bertz CT molecular complexity index is 1170. The minimum atomic E-state index is -0.447. The Hall–Kier alpha value is -3.71. The lowest BCUT2D eigenvalue weighted by Gasteiger charge is -2.58. The summed E-state index contributed by atoms with van der Waals surface area (Å²) in [5.74, 6) is -0.720. The van der Waals surface area contributed by atoms with Gasteiger partial charge in [0.2, 0.25) is 5.91 Å². The first-order valence-electron chi connectivity index (χ1n) is 10.9. The predicted octanol–water partition coefficient (Wildman–Crippen LogP) is 3.70. The number of benzene rings is 3. The van der Waals surface area contributed by atoms with Crippen molar-refractivity contribution >= 4 is 17.6 Å². The number of nitrogens with zero attached hydrogens (tertiary/aromatic N) is 2. The first kappa shape index (κ1) is 21.2. The largest absolute Gasteiger partial charge is 0.394 e. The third-order valence-corrected chi connectivity index (χ3v) is 6.52. The van der Waals surface area contributed by atoms with Crippen LogP contribution in [0.15, 0.2) is 78.9 Å². The van der Waals surface area contributed by atoms with E-state index in [1.54, 1.807) is 11.0 Å². The smallest absolute Gasteiger partial charge is 0.322 e. The van der Waals surface area contributed by atoms with Crippen LogP contribution in [-0.2, 0) is 4.79 Å². The van der Waals surface area contributed by atoms with Crippen LogP contribution < -0.4 is 5.32 Å². The minimum Gasteiger partial charge on any atom is -0.394 e. The minimum absolute atomic E-state index is 0.0754. The van der Waals surface area contributed by atoms with Crippen molar-refractivity contribution in [3.8, 4) is 11.1 Å². The molecule has 2 saturated heterocycles. The van der Waals surface area contributed by atoms with Crippen molar-refractivity contribution < 1.29 is 19.1 Å². The summed E-state index contributed by atoms with van der Waals surface area (Å²) in [7, 11) is 0. The second-order valence-corrected chi connectivity index (χ2v) is 8.45. The molecule has 7 heteroatoms. The van der Waals surface area contributed by atoms with Gasteiger partial charge in [-0.25, -0.2) is 9.18 Å². The van der Waals surface area contributed by atoms with Gasteiger partial charge in [-0.2, -0.15) is 0 Å². The quantitative estimate of drug-likeness (QED) is 0.643. The molecule has 2 aliphatic heterocycles. The fourth-order valence-corrected chi connectivity index (χ4v) is 4.95. The average molecular weight is 445 g/mol. The molecule has 33 heavy (non-hydrogen) atoms. The first-order valence-corrected chi connectivity index (χ1v) is 10.9. The average Bonchev–Trinajstić information content (AvgIpc) is 2.81. The van der Waals surface area contributed by atoms with E-state index >= 15 is 0 Å². The van der Waals surface area contributed by atoms with Crippen LogP contribution in [0.3, 0.4) is 0 Å². The van der Waals surface area contributed by atoms with Gasteiger partial charge < -0.3 is 20.2 Å². The lowest BCUT2D eigenvalue weighted by Crippen LogP contribution is -2.73. The molecule has 5 rings (SSSR count). The Kier molecular flexibility index (Phi) is 5.56. The van der Waals surface area contributed by atoms with E-state index in [1.807, 2.05) is 54.6 Å². The van der Waals surface area contributed by atoms with Crippen LogP contribution in [0, 0.1) is 5.82 Å². The monoisotopic (exact) mass is 445 g/mol. The molecule has 0 radical (unpaired) electrons. The third-order valence-electron chi connectivity index (χ3n) is 6.52. The SMILES string of the molecule is O=C(Nc1cccc(F)c1)N1CC(=O)N2[C@H](C1)[C@@H](c1ccc(-c3ccccc3)cc1)[C@@H]2CO. The van der Waals surface area contributed by atoms with Gasteiger partial charge in [0.05, 0.1) is 18.7 Å². The molecular formula is C26H24FN3O3. The number of rotatable bonds is 4. The number of amides is 3. The topological polar surface area (TPSA) is 72.9 Å². The summed E-state index contributed by atoms with van der Waals surface area (Å²) in [6, 6.07) is 22.9. The molecule has 2 fully saturated rings. The normalized spacial score (nSPS) is 21.9. The summed E-state index contributed by atoms with van der Waals surface area (Å²) < 4.78 is 13.5. The van der Waals surface area contributed by atoms with E-state index < -0.39 is 11.8 Å². The Morgan fingerprint density at radius 3 is 2.42 bits per heavy atom. The number of aliphatic hydroxyl groups is 1. The van der Waals surface area contributed by atoms with Gasteiger partial charge in [-0.1, -0.05) is 60.7 Å². The summed E-state index contributed by atoms with van der Waals surface area (Å²) >= 11 is 0. The predicted molar refractivity (Wildman–Crippen MR) is 123 cm³/mol. The van der Waals surface area contributed by atoms with Crippen molar-refractivity contribution in [3.05, 3.63) is 90.2 Å². The summed E-state index contributed by atoms with van der Waals surface area (Å²) in [5, 5.41) is 12.6. The Morgan fingerprint density at radius 1 is 1.00 bits per heavy atom. The van der Waals surface area contributed by atoms with Crippen molar-refractivity contribution in [2.75, 3.05) is 25.0 Å². The molecular weight excluding hydrogens is 421 g/mol. The highest BCUT2D eigenvalue weighted by Gasteiger charge is 2.54. The van der Waals surface area contributed by atoms with E-state index in [0.29, 0.717) is 12.2 Å². The van der Waals surface area contributed by atoms with Crippen molar-refractivity contribution in [1.29, 1.82) is 0 Å². The summed E-state index contributed by atoms with van der Waals surface area (Å²) in [4.78, 5) is 28.7. The van der Waals surface area contributed by atoms with Crippen molar-refractivity contribution in [1.82, 2.24) is 9.80 Å². The zero-order valence-electron chi connectivity index (χ0n) is 17.9. The lowest BCUT2D eigenvalue weighted by atomic mass is 9.73. The number of carbonyl (C=O) groups excluding carboxylic acids is 2. The van der Waals surface area contributed by atoms with Gasteiger partial charge in [0.1, 0.15) is 12.4 Å². The second kappa shape index (κ2) is 8.67. The number of nitrogens with one attached hydrogen (secondary N) is 1. The number of aliphatic hydroxyl groups excluding tert-OH is 1. The van der Waals surface area contributed by atoms with E-state index in [1.165, 1.54) is 23.1 Å². The molecule has 2 heterocycles. The van der Waals surface area contributed by atoms with Crippen LogP contribution in [0.2, 0.25) is 0 Å². The molecule has 6 nitrogen and oxygen atoms in total. The van der Waals surface area contributed by atoms with Crippen LogP contribution >= 0.6 is 0 Å². The lowest BCUT2D eigenvalue weighted by molar-refractivity contribution is -0.159. The fraction of sp³-hybridized carbons (Fsp3) is 0.231. The van der Waals surface area contributed by atoms with E-state index in [0.717, 1.165) is 16.7 Å². The third kappa shape index (κ3) is 3.96. The molecule has 0 saturated carbocycles. The van der Waals surface area contributed by atoms with Crippen LogP contribution in [0.1, 0.15) is 11.5 Å². The van der Waals surface area contributed by atoms with E-state index in [4.69, 9.17) is 0 Å². The molecule has 2 aliphatic rings. The Morgan fingerprint density at radius 2 is 1.73 bits per heavy atom. The molecule has 3 aromatic rings. The number of urea groups is 1. The highest BCUT2D eigenvalue weighted by atomic mass is 19.1. The number of halogens is 1. The molecule has 3 amide bonds. The molecule has 3 atom stereocenters. The molecule has 0 aromatic heterocycles. The first-order chi connectivity index (χ1) is 16.0. The van der Waals surface area contributed by atoms with Crippen molar-refractivity contribution in [2.24, 2.45) is 0 Å². The molecule has 0 aliphatic carbocycles. The zero-order valence-corrected chi connectivity index (χ0v) is 17.9. The van der Waals surface area contributed by atoms with E-state index in [2.05, 4.69) is 5.32 Å². The van der Waals surface area contributed by atoms with Gasteiger partial charge >= 0.3 is 6.03 Å². The van der Waals surface area contributed by atoms with Gasteiger partial charge in [-0.3, -0.25) is 4.79 Å². The highest BCUT2D eigenvalue weighted by molar-refractivity contribution is 5.93. The zero-order chi connectivity index (χ0) is 22.9. The number of fused-ring (bicyclic) bond motifs is 1. The number of piperazine rings is 1. The highest BCUT2D eigenvalue weighted by Crippen LogP contribution is 2.43.